The van der Waals surface area contributed by atoms with Crippen molar-refractivity contribution in [3.8, 4) is 6.07 Å². The highest BCUT2D eigenvalue weighted by molar-refractivity contribution is 5.98. The van der Waals surface area contributed by atoms with Crippen LogP contribution in [0.3, 0.4) is 0 Å². The molecule has 0 bridgehead atoms. The van der Waals surface area contributed by atoms with Crippen LogP contribution in [0.5, 0.6) is 0 Å². The second kappa shape index (κ2) is 5.90. The van der Waals surface area contributed by atoms with Gasteiger partial charge in [-0.3, -0.25) is 9.48 Å². The summed E-state index contributed by atoms with van der Waals surface area (Å²) in [4.78, 5) is 11.7. The Morgan fingerprint density at radius 2 is 2.14 bits per heavy atom. The molecule has 0 spiro atoms. The van der Waals surface area contributed by atoms with E-state index in [0.29, 0.717) is 11.4 Å². The standard InChI is InChI=1S/C16H17N5O/c17-9-11-5-4-8-14(11)21-10-13(15(18)22)16(20-21)19-12-6-2-1-3-7-12/h1-3,6-7,10-11,14H,4-5,8H2,(H2,18,22)(H,19,20)/t11?,14-/m0/s1. The zero-order valence-electron chi connectivity index (χ0n) is 12.1. The molecule has 0 radical (unpaired) electrons. The molecule has 3 rings (SSSR count). The molecule has 2 atom stereocenters. The van der Waals surface area contributed by atoms with Gasteiger partial charge in [-0.2, -0.15) is 10.4 Å². The summed E-state index contributed by atoms with van der Waals surface area (Å²) in [7, 11) is 0. The molecule has 22 heavy (non-hydrogen) atoms. The van der Waals surface area contributed by atoms with Crippen LogP contribution >= 0.6 is 0 Å². The molecular formula is C16H17N5O. The van der Waals surface area contributed by atoms with E-state index in [0.717, 1.165) is 24.9 Å². The van der Waals surface area contributed by atoms with Gasteiger partial charge in [0.05, 0.1) is 18.0 Å². The van der Waals surface area contributed by atoms with Crippen molar-refractivity contribution in [2.45, 2.75) is 25.3 Å². The Morgan fingerprint density at radius 3 is 2.82 bits per heavy atom. The minimum atomic E-state index is -0.531. The third-order valence-corrected chi connectivity index (χ3v) is 4.02. The van der Waals surface area contributed by atoms with Gasteiger partial charge in [0.2, 0.25) is 0 Å². The van der Waals surface area contributed by atoms with Crippen molar-refractivity contribution in [3.63, 3.8) is 0 Å². The number of primary amides is 1. The van der Waals surface area contributed by atoms with Gasteiger partial charge in [0.25, 0.3) is 5.91 Å². The smallest absolute Gasteiger partial charge is 0.254 e. The van der Waals surface area contributed by atoms with Gasteiger partial charge in [0.1, 0.15) is 5.56 Å². The number of hydrogen-bond acceptors (Lipinski definition) is 4. The van der Waals surface area contributed by atoms with Gasteiger partial charge in [-0.15, -0.1) is 0 Å². The van der Waals surface area contributed by atoms with Crippen LogP contribution in [-0.4, -0.2) is 15.7 Å². The lowest BCUT2D eigenvalue weighted by atomic mass is 10.1. The number of para-hydroxylation sites is 1. The number of aromatic nitrogens is 2. The number of benzene rings is 1. The Kier molecular flexibility index (Phi) is 3.79. The summed E-state index contributed by atoms with van der Waals surface area (Å²) in [5, 5.41) is 16.8. The predicted molar refractivity (Wildman–Crippen MR) is 82.5 cm³/mol. The van der Waals surface area contributed by atoms with E-state index in [4.69, 9.17) is 5.73 Å². The minimum absolute atomic E-state index is 0.00873. The monoisotopic (exact) mass is 295 g/mol. The molecule has 112 valence electrons. The molecular weight excluding hydrogens is 278 g/mol. The van der Waals surface area contributed by atoms with E-state index >= 15 is 0 Å². The summed E-state index contributed by atoms with van der Waals surface area (Å²) in [6.07, 6.45) is 4.40. The molecule has 1 aromatic carbocycles. The summed E-state index contributed by atoms with van der Waals surface area (Å²) in [6, 6.07) is 11.8. The fourth-order valence-corrected chi connectivity index (χ4v) is 2.90. The number of nitrogens with two attached hydrogens (primary N) is 1. The maximum absolute atomic E-state index is 11.7. The number of hydrogen-bond donors (Lipinski definition) is 2. The maximum Gasteiger partial charge on any atom is 0.254 e. The number of nitrogens with zero attached hydrogens (tertiary/aromatic N) is 3. The average molecular weight is 295 g/mol. The lowest BCUT2D eigenvalue weighted by Crippen LogP contribution is -2.14. The van der Waals surface area contributed by atoms with Crippen LogP contribution in [0.15, 0.2) is 36.5 Å². The zero-order valence-corrected chi connectivity index (χ0v) is 12.1. The van der Waals surface area contributed by atoms with Crippen molar-refractivity contribution < 1.29 is 4.79 Å². The van der Waals surface area contributed by atoms with Crippen molar-refractivity contribution in [1.29, 1.82) is 5.26 Å². The number of nitriles is 1. The van der Waals surface area contributed by atoms with E-state index in [9.17, 15) is 10.1 Å². The van der Waals surface area contributed by atoms with Crippen LogP contribution in [0.4, 0.5) is 11.5 Å². The molecule has 1 aromatic heterocycles. The highest BCUT2D eigenvalue weighted by Gasteiger charge is 2.30. The third-order valence-electron chi connectivity index (χ3n) is 4.02. The lowest BCUT2D eigenvalue weighted by Gasteiger charge is -2.13. The van der Waals surface area contributed by atoms with Gasteiger partial charge in [-0.1, -0.05) is 18.2 Å². The van der Waals surface area contributed by atoms with Crippen molar-refractivity contribution in [2.24, 2.45) is 11.7 Å². The maximum atomic E-state index is 11.7. The van der Waals surface area contributed by atoms with Gasteiger partial charge in [0, 0.05) is 11.9 Å². The van der Waals surface area contributed by atoms with Gasteiger partial charge in [0.15, 0.2) is 5.82 Å². The number of carbonyl (C=O) groups excluding carboxylic acids is 1. The number of rotatable bonds is 4. The summed E-state index contributed by atoms with van der Waals surface area (Å²) < 4.78 is 1.71. The van der Waals surface area contributed by atoms with Gasteiger partial charge in [-0.25, -0.2) is 0 Å². The van der Waals surface area contributed by atoms with Crippen molar-refractivity contribution in [1.82, 2.24) is 9.78 Å². The molecule has 3 N–H and O–H groups in total. The van der Waals surface area contributed by atoms with Crippen LogP contribution < -0.4 is 11.1 Å². The van der Waals surface area contributed by atoms with Crippen LogP contribution in [0.2, 0.25) is 0 Å². The Balaban J connectivity index is 1.93. The first-order valence-electron chi connectivity index (χ1n) is 7.29. The summed E-state index contributed by atoms with van der Waals surface area (Å²) in [6.45, 7) is 0. The van der Waals surface area contributed by atoms with Crippen molar-refractivity contribution >= 4 is 17.4 Å². The molecule has 1 aliphatic carbocycles. The molecule has 6 nitrogen and oxygen atoms in total. The normalized spacial score (nSPS) is 20.5. The average Bonchev–Trinajstić information content (AvgIpc) is 3.14. The largest absolute Gasteiger partial charge is 0.365 e. The molecule has 1 aliphatic rings. The van der Waals surface area contributed by atoms with E-state index in [1.165, 1.54) is 0 Å². The number of anilines is 2. The molecule has 1 amide bonds. The second-order valence-corrected chi connectivity index (χ2v) is 5.46. The van der Waals surface area contributed by atoms with Crippen molar-refractivity contribution in [2.75, 3.05) is 5.32 Å². The minimum Gasteiger partial charge on any atom is -0.365 e. The Bertz CT molecular complexity index is 716. The molecule has 1 fully saturated rings. The number of amides is 1. The number of nitrogens with one attached hydrogen (secondary N) is 1. The molecule has 0 saturated heterocycles. The zero-order chi connectivity index (χ0) is 15.5. The molecule has 2 aromatic rings. The van der Waals surface area contributed by atoms with E-state index in [2.05, 4.69) is 16.5 Å². The second-order valence-electron chi connectivity index (χ2n) is 5.46. The fourth-order valence-electron chi connectivity index (χ4n) is 2.90. The van der Waals surface area contributed by atoms with Gasteiger partial charge >= 0.3 is 0 Å². The first-order valence-corrected chi connectivity index (χ1v) is 7.29. The molecule has 1 saturated carbocycles. The van der Waals surface area contributed by atoms with Gasteiger partial charge in [-0.05, 0) is 31.4 Å². The highest BCUT2D eigenvalue weighted by atomic mass is 16.1. The van der Waals surface area contributed by atoms with Crippen LogP contribution in [-0.2, 0) is 0 Å². The fraction of sp³-hybridized carbons (Fsp3) is 0.312. The highest BCUT2D eigenvalue weighted by Crippen LogP contribution is 2.36. The first-order chi connectivity index (χ1) is 10.7. The Labute approximate surface area is 128 Å². The predicted octanol–water partition coefficient (Wildman–Crippen LogP) is 2.59. The summed E-state index contributed by atoms with van der Waals surface area (Å²) in [5.41, 5.74) is 6.62. The third kappa shape index (κ3) is 2.66. The van der Waals surface area contributed by atoms with Crippen LogP contribution in [0.1, 0.15) is 35.7 Å². The van der Waals surface area contributed by atoms with Gasteiger partial charge < -0.3 is 11.1 Å². The van der Waals surface area contributed by atoms with E-state index in [1.54, 1.807) is 10.9 Å². The van der Waals surface area contributed by atoms with E-state index in [-0.39, 0.29) is 12.0 Å². The molecule has 1 heterocycles. The van der Waals surface area contributed by atoms with Crippen molar-refractivity contribution in [3.05, 3.63) is 42.1 Å². The molecule has 1 unspecified atom stereocenters. The Hall–Kier alpha value is -2.81. The molecule has 0 aliphatic heterocycles. The summed E-state index contributed by atoms with van der Waals surface area (Å²) >= 11 is 0. The SMILES string of the molecule is N#CC1CCC[C@@H]1n1cc(C(N)=O)c(Nc2ccccc2)n1. The quantitative estimate of drug-likeness (QED) is 0.906. The Morgan fingerprint density at radius 1 is 1.36 bits per heavy atom. The lowest BCUT2D eigenvalue weighted by molar-refractivity contribution is 0.100. The summed E-state index contributed by atoms with van der Waals surface area (Å²) in [5.74, 6) is -0.163. The first kappa shape index (κ1) is 14.1. The van der Waals surface area contributed by atoms with Crippen LogP contribution in [0.25, 0.3) is 0 Å². The number of carbonyl (C=O) groups is 1. The van der Waals surface area contributed by atoms with E-state index in [1.807, 2.05) is 30.3 Å². The molecule has 6 heteroatoms. The van der Waals surface area contributed by atoms with Crippen LogP contribution in [0, 0.1) is 17.2 Å². The topological polar surface area (TPSA) is 96.7 Å². The van der Waals surface area contributed by atoms with E-state index < -0.39 is 5.91 Å².